The van der Waals surface area contributed by atoms with Crippen LogP contribution in [0.5, 0.6) is 5.75 Å². The number of anilines is 2. The molecule has 1 fully saturated rings. The summed E-state index contributed by atoms with van der Waals surface area (Å²) in [4.78, 5) is 11.6. The van der Waals surface area contributed by atoms with E-state index >= 15 is 0 Å². The van der Waals surface area contributed by atoms with Crippen molar-refractivity contribution in [2.45, 2.75) is 33.1 Å². The van der Waals surface area contributed by atoms with Gasteiger partial charge in [0.25, 0.3) is 0 Å². The average molecular weight is 435 g/mol. The first-order valence-electron chi connectivity index (χ1n) is 11.0. The summed E-state index contributed by atoms with van der Waals surface area (Å²) in [5.41, 5.74) is 3.82. The van der Waals surface area contributed by atoms with Crippen molar-refractivity contribution in [1.82, 2.24) is 14.9 Å². The third kappa shape index (κ3) is 5.62. The molecule has 0 aliphatic carbocycles. The van der Waals surface area contributed by atoms with Gasteiger partial charge in [-0.2, -0.15) is 0 Å². The van der Waals surface area contributed by atoms with Crippen LogP contribution in [0.1, 0.15) is 35.5 Å². The fourth-order valence-corrected chi connectivity index (χ4v) is 3.88. The van der Waals surface area contributed by atoms with Crippen LogP contribution in [0.3, 0.4) is 0 Å². The summed E-state index contributed by atoms with van der Waals surface area (Å²) in [7, 11) is 0. The highest BCUT2D eigenvalue weighted by Crippen LogP contribution is 2.26. The second-order valence-electron chi connectivity index (χ2n) is 7.86. The molecule has 0 saturated carbocycles. The minimum atomic E-state index is -0.101. The van der Waals surface area contributed by atoms with E-state index in [9.17, 15) is 5.11 Å². The van der Waals surface area contributed by atoms with Gasteiger partial charge < -0.3 is 19.9 Å². The maximum atomic E-state index is 9.68. The third-order valence-electron chi connectivity index (χ3n) is 5.40. The van der Waals surface area contributed by atoms with Crippen molar-refractivity contribution in [2.24, 2.45) is 0 Å². The van der Waals surface area contributed by atoms with E-state index in [1.54, 1.807) is 0 Å². The highest BCUT2D eigenvalue weighted by atomic mass is 16.5. The minimum Gasteiger partial charge on any atom is -0.494 e. The molecule has 1 atom stereocenters. The molecule has 1 saturated heterocycles. The van der Waals surface area contributed by atoms with Gasteiger partial charge in [-0.05, 0) is 55.8 Å². The van der Waals surface area contributed by atoms with E-state index in [1.165, 1.54) is 0 Å². The van der Waals surface area contributed by atoms with E-state index in [-0.39, 0.29) is 12.7 Å². The number of nitrogens with one attached hydrogen (secondary N) is 1. The number of benzene rings is 1. The number of ether oxygens (including phenoxy) is 2. The van der Waals surface area contributed by atoms with E-state index in [2.05, 4.69) is 21.3 Å². The summed E-state index contributed by atoms with van der Waals surface area (Å²) >= 11 is 0. The van der Waals surface area contributed by atoms with Gasteiger partial charge in [-0.25, -0.2) is 9.97 Å². The predicted molar refractivity (Wildman–Crippen MR) is 124 cm³/mol. The maximum Gasteiger partial charge on any atom is 0.131 e. The van der Waals surface area contributed by atoms with Crippen molar-refractivity contribution < 1.29 is 14.6 Å². The van der Waals surface area contributed by atoms with Gasteiger partial charge in [0.2, 0.25) is 0 Å². The number of rotatable bonds is 8. The molecule has 0 spiro atoms. The summed E-state index contributed by atoms with van der Waals surface area (Å²) in [6.45, 7) is 7.49. The molecule has 7 nitrogen and oxygen atoms in total. The molecular weight excluding hydrogens is 404 g/mol. The Hall–Kier alpha value is -3.00. The molecule has 0 radical (unpaired) electrons. The van der Waals surface area contributed by atoms with Crippen molar-refractivity contribution in [1.29, 1.82) is 0 Å². The highest BCUT2D eigenvalue weighted by Gasteiger charge is 2.23. The SMILES string of the molecule is CCOc1ccc(CN2CCO[C@@H](c3cccc(Nc4cccc(C)n4)n3)C2)cc1CO. The predicted octanol–water partition coefficient (Wildman–Crippen LogP) is 3.99. The summed E-state index contributed by atoms with van der Waals surface area (Å²) < 4.78 is 11.6. The van der Waals surface area contributed by atoms with Crippen molar-refractivity contribution in [2.75, 3.05) is 31.6 Å². The molecule has 2 aromatic heterocycles. The van der Waals surface area contributed by atoms with E-state index < -0.39 is 0 Å². The smallest absolute Gasteiger partial charge is 0.131 e. The number of aliphatic hydroxyl groups is 1. The Morgan fingerprint density at radius 1 is 1.12 bits per heavy atom. The number of morpholine rings is 1. The van der Waals surface area contributed by atoms with Gasteiger partial charge in [0.05, 0.1) is 25.5 Å². The Kier molecular flexibility index (Phi) is 7.32. The lowest BCUT2D eigenvalue weighted by Crippen LogP contribution is -2.38. The van der Waals surface area contributed by atoms with E-state index in [0.717, 1.165) is 59.5 Å². The highest BCUT2D eigenvalue weighted by molar-refractivity contribution is 5.51. The van der Waals surface area contributed by atoms with Crippen LogP contribution in [0, 0.1) is 6.92 Å². The molecule has 7 heteroatoms. The number of aryl methyl sites for hydroxylation is 1. The molecule has 3 heterocycles. The molecule has 32 heavy (non-hydrogen) atoms. The van der Waals surface area contributed by atoms with Gasteiger partial charge in [-0.1, -0.05) is 18.2 Å². The molecule has 168 valence electrons. The summed E-state index contributed by atoms with van der Waals surface area (Å²) in [6.07, 6.45) is -0.101. The molecule has 3 aromatic rings. The fraction of sp³-hybridized carbons (Fsp3) is 0.360. The van der Waals surface area contributed by atoms with E-state index in [0.29, 0.717) is 13.2 Å². The number of nitrogens with zero attached hydrogens (tertiary/aromatic N) is 3. The van der Waals surface area contributed by atoms with E-state index in [4.69, 9.17) is 14.5 Å². The van der Waals surface area contributed by atoms with Crippen LogP contribution in [0.15, 0.2) is 54.6 Å². The average Bonchev–Trinajstić information content (AvgIpc) is 2.80. The van der Waals surface area contributed by atoms with Crippen molar-refractivity contribution >= 4 is 11.6 Å². The number of aliphatic hydroxyl groups excluding tert-OH is 1. The lowest BCUT2D eigenvalue weighted by Gasteiger charge is -2.33. The maximum absolute atomic E-state index is 9.68. The van der Waals surface area contributed by atoms with Crippen LogP contribution in [0.2, 0.25) is 0 Å². The molecule has 2 N–H and O–H groups in total. The Balaban J connectivity index is 1.43. The van der Waals surface area contributed by atoms with Crippen molar-refractivity contribution in [3.05, 3.63) is 77.1 Å². The van der Waals surface area contributed by atoms with Gasteiger partial charge >= 0.3 is 0 Å². The number of aromatic nitrogens is 2. The first-order valence-corrected chi connectivity index (χ1v) is 11.0. The first kappa shape index (κ1) is 22.2. The molecule has 1 aromatic carbocycles. The molecule has 1 aliphatic heterocycles. The topological polar surface area (TPSA) is 79.7 Å². The van der Waals surface area contributed by atoms with E-state index in [1.807, 2.05) is 62.4 Å². The summed E-state index contributed by atoms with van der Waals surface area (Å²) in [5, 5.41) is 13.0. The Labute approximate surface area is 189 Å². The Bertz CT molecular complexity index is 1040. The molecule has 0 unspecified atom stereocenters. The van der Waals surface area contributed by atoms with Crippen LogP contribution in [0.25, 0.3) is 0 Å². The molecule has 4 rings (SSSR count). The van der Waals surface area contributed by atoms with Gasteiger partial charge in [0, 0.05) is 30.9 Å². The Morgan fingerprint density at radius 3 is 2.72 bits per heavy atom. The van der Waals surface area contributed by atoms with Crippen molar-refractivity contribution in [3.63, 3.8) is 0 Å². The largest absolute Gasteiger partial charge is 0.494 e. The zero-order valence-corrected chi connectivity index (χ0v) is 18.6. The number of hydrogen-bond acceptors (Lipinski definition) is 7. The quantitative estimate of drug-likeness (QED) is 0.555. The van der Waals surface area contributed by atoms with Gasteiger partial charge in [-0.3, -0.25) is 4.90 Å². The molecule has 0 amide bonds. The monoisotopic (exact) mass is 434 g/mol. The van der Waals surface area contributed by atoms with Crippen LogP contribution in [-0.4, -0.2) is 46.3 Å². The second kappa shape index (κ2) is 10.5. The molecule has 1 aliphatic rings. The molecule has 0 bridgehead atoms. The van der Waals surface area contributed by atoms with Gasteiger partial charge in [0.1, 0.15) is 23.5 Å². The number of pyridine rings is 2. The zero-order chi connectivity index (χ0) is 22.3. The summed E-state index contributed by atoms with van der Waals surface area (Å²) in [6, 6.07) is 17.8. The number of hydrogen-bond donors (Lipinski definition) is 2. The van der Waals surface area contributed by atoms with Crippen LogP contribution < -0.4 is 10.1 Å². The second-order valence-corrected chi connectivity index (χ2v) is 7.86. The van der Waals surface area contributed by atoms with Crippen LogP contribution in [0.4, 0.5) is 11.6 Å². The van der Waals surface area contributed by atoms with Gasteiger partial charge in [0.15, 0.2) is 0 Å². The van der Waals surface area contributed by atoms with Crippen molar-refractivity contribution in [3.8, 4) is 5.75 Å². The Morgan fingerprint density at radius 2 is 1.94 bits per heavy atom. The molecular formula is C25H30N4O3. The zero-order valence-electron chi connectivity index (χ0n) is 18.6. The standard InChI is InChI=1S/C25H30N4O3/c1-3-31-22-11-10-19(14-20(22)17-30)15-29-12-13-32-23(16-29)21-7-5-9-25(27-21)28-24-8-4-6-18(2)26-24/h4-11,14,23,30H,3,12-13,15-17H2,1-2H3,(H,26,27,28)/t23-/m1/s1. The van der Waals surface area contributed by atoms with Gasteiger partial charge in [-0.15, -0.1) is 0 Å². The lowest BCUT2D eigenvalue weighted by molar-refractivity contribution is -0.0349. The first-order chi connectivity index (χ1) is 15.6. The van der Waals surface area contributed by atoms with Crippen LogP contribution in [-0.2, 0) is 17.9 Å². The minimum absolute atomic E-state index is 0.0333. The third-order valence-corrected chi connectivity index (χ3v) is 5.40. The normalized spacial score (nSPS) is 16.7. The lowest BCUT2D eigenvalue weighted by atomic mass is 10.1. The van der Waals surface area contributed by atoms with Crippen LogP contribution >= 0.6 is 0 Å². The summed E-state index contributed by atoms with van der Waals surface area (Å²) in [5.74, 6) is 2.27. The fourth-order valence-electron chi connectivity index (χ4n) is 3.88.